The van der Waals surface area contributed by atoms with Crippen molar-refractivity contribution in [1.29, 1.82) is 0 Å². The van der Waals surface area contributed by atoms with E-state index in [0.717, 1.165) is 5.01 Å². The number of hydrogen-bond acceptors (Lipinski definition) is 4. The molecule has 90 valence electrons. The molecule has 17 heavy (non-hydrogen) atoms. The fraction of sp³-hybridized carbons (Fsp3) is 0.273. The summed E-state index contributed by atoms with van der Waals surface area (Å²) in [6.07, 6.45) is 1.65. The quantitative estimate of drug-likeness (QED) is 0.453. The van der Waals surface area contributed by atoms with Gasteiger partial charge in [0.2, 0.25) is 5.91 Å². The van der Waals surface area contributed by atoms with Gasteiger partial charge in [-0.15, -0.1) is 0 Å². The minimum Gasteiger partial charge on any atom is -0.273 e. The van der Waals surface area contributed by atoms with Gasteiger partial charge in [-0.05, 0) is 6.07 Å². The first-order chi connectivity index (χ1) is 8.06. The molecule has 1 aromatic carbocycles. The summed E-state index contributed by atoms with van der Waals surface area (Å²) < 4.78 is 0. The molecule has 0 aliphatic carbocycles. The lowest BCUT2D eigenvalue weighted by atomic mass is 10.2. The second-order valence-corrected chi connectivity index (χ2v) is 3.33. The summed E-state index contributed by atoms with van der Waals surface area (Å²) in [5.41, 5.74) is 0.335. The van der Waals surface area contributed by atoms with Gasteiger partial charge < -0.3 is 0 Å². The fourth-order valence-corrected chi connectivity index (χ4v) is 1.20. The predicted molar refractivity (Wildman–Crippen MR) is 63.8 cm³/mol. The molecule has 1 amide bonds. The van der Waals surface area contributed by atoms with Crippen LogP contribution in [0.5, 0.6) is 0 Å². The molecule has 0 aliphatic heterocycles. The number of carbonyl (C=O) groups is 1. The molecular formula is C11H13N3O3. The van der Waals surface area contributed by atoms with Crippen LogP contribution in [-0.2, 0) is 4.79 Å². The van der Waals surface area contributed by atoms with E-state index in [9.17, 15) is 14.9 Å². The van der Waals surface area contributed by atoms with Crippen LogP contribution < -0.4 is 0 Å². The van der Waals surface area contributed by atoms with Crippen LogP contribution in [0.4, 0.5) is 5.69 Å². The number of nitro groups is 1. The molecule has 0 atom stereocenters. The Morgan fingerprint density at radius 1 is 1.53 bits per heavy atom. The van der Waals surface area contributed by atoms with Crippen molar-refractivity contribution in [3.8, 4) is 0 Å². The monoisotopic (exact) mass is 235 g/mol. The average molecular weight is 235 g/mol. The van der Waals surface area contributed by atoms with Crippen molar-refractivity contribution in [1.82, 2.24) is 5.01 Å². The van der Waals surface area contributed by atoms with Crippen LogP contribution in [0.1, 0.15) is 18.9 Å². The molecule has 0 fully saturated rings. The van der Waals surface area contributed by atoms with Gasteiger partial charge in [-0.1, -0.05) is 19.1 Å². The Labute approximate surface area is 98.7 Å². The lowest BCUT2D eigenvalue weighted by molar-refractivity contribution is -0.385. The van der Waals surface area contributed by atoms with E-state index in [1.165, 1.54) is 19.3 Å². The summed E-state index contributed by atoms with van der Waals surface area (Å²) in [5.74, 6) is -0.153. The lowest BCUT2D eigenvalue weighted by Gasteiger charge is -2.08. The number of hydrazone groups is 1. The lowest BCUT2D eigenvalue weighted by Crippen LogP contribution is -2.19. The first kappa shape index (κ1) is 12.8. The summed E-state index contributed by atoms with van der Waals surface area (Å²) in [7, 11) is 1.51. The summed E-state index contributed by atoms with van der Waals surface area (Å²) in [4.78, 5) is 21.5. The van der Waals surface area contributed by atoms with E-state index in [-0.39, 0.29) is 11.6 Å². The van der Waals surface area contributed by atoms with Crippen molar-refractivity contribution in [2.24, 2.45) is 5.10 Å². The topological polar surface area (TPSA) is 75.8 Å². The smallest absolute Gasteiger partial charge is 0.273 e. The number of nitro benzene ring substituents is 1. The van der Waals surface area contributed by atoms with Gasteiger partial charge in [-0.25, -0.2) is 5.01 Å². The highest BCUT2D eigenvalue weighted by atomic mass is 16.6. The zero-order valence-electron chi connectivity index (χ0n) is 9.66. The van der Waals surface area contributed by atoms with Gasteiger partial charge in [0, 0.05) is 19.5 Å². The van der Waals surface area contributed by atoms with Gasteiger partial charge in [-0.2, -0.15) is 5.10 Å². The maximum Gasteiger partial charge on any atom is 0.278 e. The first-order valence-corrected chi connectivity index (χ1v) is 5.10. The predicted octanol–water partition coefficient (Wildman–Crippen LogP) is 1.80. The Hall–Kier alpha value is -2.24. The highest BCUT2D eigenvalue weighted by Gasteiger charge is 2.10. The average Bonchev–Trinajstić information content (AvgIpc) is 2.35. The van der Waals surface area contributed by atoms with E-state index in [1.807, 2.05) is 0 Å². The van der Waals surface area contributed by atoms with E-state index in [4.69, 9.17) is 0 Å². The number of rotatable bonds is 4. The third-order valence-corrected chi connectivity index (χ3v) is 2.17. The third kappa shape index (κ3) is 3.37. The minimum atomic E-state index is -0.483. The van der Waals surface area contributed by atoms with Gasteiger partial charge in [0.05, 0.1) is 16.7 Å². The van der Waals surface area contributed by atoms with Crippen LogP contribution in [0.2, 0.25) is 0 Å². The van der Waals surface area contributed by atoms with Crippen LogP contribution in [-0.4, -0.2) is 29.1 Å². The van der Waals surface area contributed by atoms with E-state index in [1.54, 1.807) is 25.1 Å². The summed E-state index contributed by atoms with van der Waals surface area (Å²) in [6, 6.07) is 6.22. The van der Waals surface area contributed by atoms with Gasteiger partial charge in [-0.3, -0.25) is 14.9 Å². The minimum absolute atomic E-state index is 0.0337. The number of nitrogens with zero attached hydrogens (tertiary/aromatic N) is 3. The largest absolute Gasteiger partial charge is 0.278 e. The van der Waals surface area contributed by atoms with Crippen LogP contribution in [0.25, 0.3) is 0 Å². The summed E-state index contributed by atoms with van der Waals surface area (Å²) >= 11 is 0. The van der Waals surface area contributed by atoms with E-state index in [0.29, 0.717) is 12.0 Å². The van der Waals surface area contributed by atoms with E-state index < -0.39 is 4.92 Å². The Morgan fingerprint density at radius 3 is 2.76 bits per heavy atom. The molecule has 0 N–H and O–H groups in total. The van der Waals surface area contributed by atoms with E-state index in [2.05, 4.69) is 5.10 Å². The van der Waals surface area contributed by atoms with Crippen LogP contribution in [0.15, 0.2) is 29.4 Å². The Bertz CT molecular complexity index is 457. The maximum atomic E-state index is 11.2. The molecule has 1 aromatic rings. The molecule has 6 heteroatoms. The number of benzene rings is 1. The van der Waals surface area contributed by atoms with Crippen molar-refractivity contribution < 1.29 is 9.72 Å². The van der Waals surface area contributed by atoms with Crippen molar-refractivity contribution in [2.45, 2.75) is 13.3 Å². The van der Waals surface area contributed by atoms with Crippen molar-refractivity contribution in [2.75, 3.05) is 7.05 Å². The second-order valence-electron chi connectivity index (χ2n) is 3.33. The number of hydrogen-bond donors (Lipinski definition) is 0. The molecule has 0 aromatic heterocycles. The first-order valence-electron chi connectivity index (χ1n) is 5.10. The SMILES string of the molecule is CCC(=O)N(C)N=Cc1ccccc1[N+](=O)[O-]. The molecule has 1 rings (SSSR count). The zero-order chi connectivity index (χ0) is 12.8. The number of carbonyl (C=O) groups excluding carboxylic acids is 1. The van der Waals surface area contributed by atoms with E-state index >= 15 is 0 Å². The Balaban J connectivity index is 2.91. The zero-order valence-corrected chi connectivity index (χ0v) is 9.66. The van der Waals surface area contributed by atoms with Crippen LogP contribution in [0.3, 0.4) is 0 Å². The molecule has 0 spiro atoms. The molecule has 0 saturated heterocycles. The molecule has 0 radical (unpaired) electrons. The summed E-state index contributed by atoms with van der Waals surface area (Å²) in [5, 5.41) is 15.7. The maximum absolute atomic E-state index is 11.2. The normalized spacial score (nSPS) is 10.5. The van der Waals surface area contributed by atoms with Crippen LogP contribution >= 0.6 is 0 Å². The standard InChI is InChI=1S/C11H13N3O3/c1-3-11(15)13(2)12-8-9-6-4-5-7-10(9)14(16)17/h4-8H,3H2,1-2H3. The number of para-hydroxylation sites is 1. The molecular weight excluding hydrogens is 222 g/mol. The number of amides is 1. The molecule has 6 nitrogen and oxygen atoms in total. The molecule has 0 heterocycles. The second kappa shape index (κ2) is 5.74. The molecule has 0 aliphatic rings. The van der Waals surface area contributed by atoms with Gasteiger partial charge >= 0.3 is 0 Å². The van der Waals surface area contributed by atoms with Crippen molar-refractivity contribution in [3.05, 3.63) is 39.9 Å². The molecule has 0 saturated carbocycles. The Kier molecular flexibility index (Phi) is 4.33. The highest BCUT2D eigenvalue weighted by molar-refractivity contribution is 5.86. The third-order valence-electron chi connectivity index (χ3n) is 2.17. The fourth-order valence-electron chi connectivity index (χ4n) is 1.20. The van der Waals surface area contributed by atoms with Crippen LogP contribution in [0, 0.1) is 10.1 Å². The highest BCUT2D eigenvalue weighted by Crippen LogP contribution is 2.15. The molecule has 0 unspecified atom stereocenters. The Morgan fingerprint density at radius 2 is 2.18 bits per heavy atom. The van der Waals surface area contributed by atoms with Gasteiger partial charge in [0.25, 0.3) is 5.69 Å². The van der Waals surface area contributed by atoms with Gasteiger partial charge in [0.1, 0.15) is 0 Å². The molecule has 0 bridgehead atoms. The van der Waals surface area contributed by atoms with Crippen molar-refractivity contribution in [3.63, 3.8) is 0 Å². The summed E-state index contributed by atoms with van der Waals surface area (Å²) in [6.45, 7) is 1.72. The van der Waals surface area contributed by atoms with Gasteiger partial charge in [0.15, 0.2) is 0 Å². The van der Waals surface area contributed by atoms with Crippen molar-refractivity contribution >= 4 is 17.8 Å².